The van der Waals surface area contributed by atoms with E-state index >= 15 is 0 Å². The quantitative estimate of drug-likeness (QED) is 0.767. The average molecular weight is 265 g/mol. The van der Waals surface area contributed by atoms with Gasteiger partial charge in [-0.05, 0) is 25.9 Å². The molecule has 0 unspecified atom stereocenters. The topological polar surface area (TPSA) is 67.4 Å². The number of nitrogens with zero attached hydrogens (tertiary/aromatic N) is 4. The van der Waals surface area contributed by atoms with Gasteiger partial charge in [0.05, 0.1) is 18.4 Å². The fourth-order valence-corrected chi connectivity index (χ4v) is 2.37. The fourth-order valence-electron chi connectivity index (χ4n) is 2.37. The smallest absolute Gasteiger partial charge is 0.268 e. The molecule has 0 atom stereocenters. The lowest BCUT2D eigenvalue weighted by Gasteiger charge is -2.18. The minimum atomic E-state index is -0.0411. The Bertz CT molecular complexity index is 453. The number of rotatable bonds is 6. The first kappa shape index (κ1) is 14.0. The van der Waals surface area contributed by atoms with Crippen molar-refractivity contribution in [3.63, 3.8) is 0 Å². The van der Waals surface area contributed by atoms with E-state index in [9.17, 15) is 4.79 Å². The van der Waals surface area contributed by atoms with Crippen molar-refractivity contribution in [2.24, 2.45) is 5.73 Å². The Hall–Kier alpha value is -1.40. The first-order chi connectivity index (χ1) is 9.20. The van der Waals surface area contributed by atoms with Crippen LogP contribution in [0.3, 0.4) is 0 Å². The number of hydrogen-bond donors (Lipinski definition) is 1. The summed E-state index contributed by atoms with van der Waals surface area (Å²) in [6.45, 7) is 5.15. The molecule has 19 heavy (non-hydrogen) atoms. The number of aromatic nitrogens is 2. The second kappa shape index (κ2) is 6.68. The van der Waals surface area contributed by atoms with Gasteiger partial charge in [-0.2, -0.15) is 5.10 Å². The maximum Gasteiger partial charge on any atom is 0.268 e. The predicted octanol–water partition coefficient (Wildman–Crippen LogP) is -0.266. The molecular formula is C13H23N5O. The van der Waals surface area contributed by atoms with Crippen molar-refractivity contribution in [2.45, 2.75) is 19.4 Å². The van der Waals surface area contributed by atoms with Crippen LogP contribution < -0.4 is 16.2 Å². The van der Waals surface area contributed by atoms with Crippen LogP contribution >= 0.6 is 0 Å². The zero-order valence-corrected chi connectivity index (χ0v) is 11.6. The standard InChI is InChI=1S/C13H23N5O/c1-16(7-4-14)12-10-13(19)18(15-11-12)9-8-17-5-2-3-6-17/h10-11H,2-9,14H2,1H3. The van der Waals surface area contributed by atoms with E-state index in [4.69, 9.17) is 5.73 Å². The van der Waals surface area contributed by atoms with Gasteiger partial charge < -0.3 is 15.5 Å². The second-order valence-corrected chi connectivity index (χ2v) is 5.03. The third kappa shape index (κ3) is 3.78. The van der Waals surface area contributed by atoms with E-state index in [1.54, 1.807) is 12.3 Å². The molecule has 0 bridgehead atoms. The van der Waals surface area contributed by atoms with Crippen molar-refractivity contribution in [1.82, 2.24) is 14.7 Å². The summed E-state index contributed by atoms with van der Waals surface area (Å²) in [6, 6.07) is 1.63. The van der Waals surface area contributed by atoms with Gasteiger partial charge in [-0.1, -0.05) is 0 Å². The lowest BCUT2D eigenvalue weighted by molar-refractivity contribution is 0.312. The Kier molecular flexibility index (Phi) is 4.93. The molecule has 2 heterocycles. The second-order valence-electron chi connectivity index (χ2n) is 5.03. The van der Waals surface area contributed by atoms with Crippen molar-refractivity contribution in [2.75, 3.05) is 44.7 Å². The molecule has 0 aromatic carbocycles. The summed E-state index contributed by atoms with van der Waals surface area (Å²) >= 11 is 0. The van der Waals surface area contributed by atoms with Gasteiger partial charge in [-0.3, -0.25) is 4.79 Å². The minimum Gasteiger partial charge on any atom is -0.372 e. The maximum absolute atomic E-state index is 12.0. The minimum absolute atomic E-state index is 0.0411. The summed E-state index contributed by atoms with van der Waals surface area (Å²) in [5.41, 5.74) is 6.29. The predicted molar refractivity (Wildman–Crippen MR) is 76.5 cm³/mol. The summed E-state index contributed by atoms with van der Waals surface area (Å²) in [6.07, 6.45) is 4.28. The molecule has 0 spiro atoms. The number of nitrogens with two attached hydrogens (primary N) is 1. The van der Waals surface area contributed by atoms with Crippen molar-refractivity contribution < 1.29 is 0 Å². The van der Waals surface area contributed by atoms with Crippen LogP contribution in [-0.2, 0) is 6.54 Å². The van der Waals surface area contributed by atoms with Crippen LogP contribution in [0.1, 0.15) is 12.8 Å². The average Bonchev–Trinajstić information content (AvgIpc) is 2.90. The highest BCUT2D eigenvalue weighted by Gasteiger charge is 2.11. The van der Waals surface area contributed by atoms with E-state index in [1.165, 1.54) is 17.5 Å². The van der Waals surface area contributed by atoms with Gasteiger partial charge in [0.25, 0.3) is 5.56 Å². The molecule has 6 heteroatoms. The van der Waals surface area contributed by atoms with Crippen LogP contribution in [0, 0.1) is 0 Å². The van der Waals surface area contributed by atoms with Crippen molar-refractivity contribution >= 4 is 5.69 Å². The normalized spacial score (nSPS) is 15.9. The lowest BCUT2D eigenvalue weighted by atomic mass is 10.4. The summed E-state index contributed by atoms with van der Waals surface area (Å²) in [5, 5.41) is 4.24. The molecule has 1 saturated heterocycles. The van der Waals surface area contributed by atoms with Gasteiger partial charge >= 0.3 is 0 Å². The molecule has 1 aromatic heterocycles. The van der Waals surface area contributed by atoms with E-state index < -0.39 is 0 Å². The number of anilines is 1. The third-order valence-electron chi connectivity index (χ3n) is 3.59. The number of likely N-dealkylation sites (tertiary alicyclic amines) is 1. The van der Waals surface area contributed by atoms with Crippen molar-refractivity contribution in [1.29, 1.82) is 0 Å². The van der Waals surface area contributed by atoms with E-state index in [0.29, 0.717) is 13.1 Å². The van der Waals surface area contributed by atoms with Crippen LogP contribution in [0.5, 0.6) is 0 Å². The molecule has 1 fully saturated rings. The van der Waals surface area contributed by atoms with E-state index in [2.05, 4.69) is 10.00 Å². The lowest BCUT2D eigenvalue weighted by Crippen LogP contribution is -2.32. The van der Waals surface area contributed by atoms with Crippen LogP contribution in [0.15, 0.2) is 17.1 Å². The van der Waals surface area contributed by atoms with Crippen LogP contribution in [0.25, 0.3) is 0 Å². The maximum atomic E-state index is 12.0. The van der Waals surface area contributed by atoms with Gasteiger partial charge in [0.15, 0.2) is 0 Å². The highest BCUT2D eigenvalue weighted by Crippen LogP contribution is 2.07. The number of likely N-dealkylation sites (N-methyl/N-ethyl adjacent to an activating group) is 1. The molecule has 1 aliphatic rings. The molecular weight excluding hydrogens is 242 g/mol. The summed E-state index contributed by atoms with van der Waals surface area (Å²) in [4.78, 5) is 16.3. The van der Waals surface area contributed by atoms with Gasteiger partial charge in [0.2, 0.25) is 0 Å². The zero-order valence-electron chi connectivity index (χ0n) is 11.6. The van der Waals surface area contributed by atoms with E-state index in [1.807, 2.05) is 11.9 Å². The first-order valence-electron chi connectivity index (χ1n) is 6.91. The van der Waals surface area contributed by atoms with Gasteiger partial charge in [0, 0.05) is 32.7 Å². The molecule has 0 aliphatic carbocycles. The molecule has 2 N–H and O–H groups in total. The fraction of sp³-hybridized carbons (Fsp3) is 0.692. The molecule has 6 nitrogen and oxygen atoms in total. The third-order valence-corrected chi connectivity index (χ3v) is 3.59. The van der Waals surface area contributed by atoms with Gasteiger partial charge in [-0.15, -0.1) is 0 Å². The Morgan fingerprint density at radius 3 is 2.74 bits per heavy atom. The molecule has 1 aliphatic heterocycles. The molecule has 2 rings (SSSR count). The molecule has 106 valence electrons. The van der Waals surface area contributed by atoms with Gasteiger partial charge in [-0.25, -0.2) is 4.68 Å². The van der Waals surface area contributed by atoms with Crippen LogP contribution in [0.4, 0.5) is 5.69 Å². The molecule has 0 radical (unpaired) electrons. The monoisotopic (exact) mass is 265 g/mol. The van der Waals surface area contributed by atoms with Crippen LogP contribution in [-0.4, -0.2) is 54.5 Å². The molecule has 0 amide bonds. The van der Waals surface area contributed by atoms with Crippen molar-refractivity contribution in [3.05, 3.63) is 22.6 Å². The highest BCUT2D eigenvalue weighted by atomic mass is 16.1. The highest BCUT2D eigenvalue weighted by molar-refractivity contribution is 5.41. The van der Waals surface area contributed by atoms with E-state index in [-0.39, 0.29) is 5.56 Å². The zero-order chi connectivity index (χ0) is 13.7. The van der Waals surface area contributed by atoms with E-state index in [0.717, 1.165) is 31.9 Å². The Balaban J connectivity index is 1.96. The molecule has 0 saturated carbocycles. The summed E-state index contributed by atoms with van der Waals surface area (Å²) in [5.74, 6) is 0. The SMILES string of the molecule is CN(CCN)c1cnn(CCN2CCCC2)c(=O)c1. The van der Waals surface area contributed by atoms with Crippen molar-refractivity contribution in [3.8, 4) is 0 Å². The molecule has 1 aromatic rings. The number of hydrogen-bond acceptors (Lipinski definition) is 5. The van der Waals surface area contributed by atoms with Gasteiger partial charge in [0.1, 0.15) is 0 Å². The first-order valence-corrected chi connectivity index (χ1v) is 6.91. The largest absolute Gasteiger partial charge is 0.372 e. The van der Waals surface area contributed by atoms with Crippen LogP contribution in [0.2, 0.25) is 0 Å². The Morgan fingerprint density at radius 2 is 2.11 bits per heavy atom. The Labute approximate surface area is 113 Å². The summed E-state index contributed by atoms with van der Waals surface area (Å²) in [7, 11) is 1.91. The Morgan fingerprint density at radius 1 is 1.37 bits per heavy atom. The summed E-state index contributed by atoms with van der Waals surface area (Å²) < 4.78 is 1.54.